The molecule has 7 nitrogen and oxygen atoms in total. The molecule has 1 aliphatic heterocycles. The number of rotatable bonds is 7. The third-order valence-corrected chi connectivity index (χ3v) is 6.80. The number of hydrogen-bond acceptors (Lipinski definition) is 5. The molecule has 2 N–H and O–H groups in total. The highest BCUT2D eigenvalue weighted by atomic mass is 16.5. The maximum absolute atomic E-state index is 13.6. The number of ether oxygens (including phenoxy) is 2. The average Bonchev–Trinajstić information content (AvgIpc) is 3.44. The lowest BCUT2D eigenvalue weighted by molar-refractivity contribution is 0.0746. The van der Waals surface area contributed by atoms with Crippen molar-refractivity contribution in [3.8, 4) is 28.5 Å². The first-order chi connectivity index (χ1) is 17.4. The summed E-state index contributed by atoms with van der Waals surface area (Å²) in [6.07, 6.45) is 0.685. The van der Waals surface area contributed by atoms with E-state index in [4.69, 9.17) is 9.47 Å². The lowest BCUT2D eigenvalue weighted by Crippen LogP contribution is -2.31. The van der Waals surface area contributed by atoms with Gasteiger partial charge in [0.15, 0.2) is 0 Å². The Morgan fingerprint density at radius 3 is 2.25 bits per heavy atom. The van der Waals surface area contributed by atoms with Crippen LogP contribution >= 0.6 is 0 Å². The lowest BCUT2D eigenvalue weighted by Gasteiger charge is -2.27. The standard InChI is InChI=1S/C29H29N3O4/c1-17-15-18(2)28(33)23(16-17)25-24-26(31-30-25)29(34)32(14-13-19-5-9-21(35-3)10-6-19)27(24)20-7-11-22(36-4)12-8-20/h5-12,15-16,27,33H,13-14H2,1-4H3,(H,30,31). The second-order valence-corrected chi connectivity index (χ2v) is 9.11. The van der Waals surface area contributed by atoms with Gasteiger partial charge in [0.25, 0.3) is 5.91 Å². The zero-order chi connectivity index (χ0) is 25.4. The molecule has 3 aromatic carbocycles. The first kappa shape index (κ1) is 23.5. The van der Waals surface area contributed by atoms with E-state index in [0.717, 1.165) is 39.3 Å². The third-order valence-electron chi connectivity index (χ3n) is 6.80. The van der Waals surface area contributed by atoms with Gasteiger partial charge in [-0.3, -0.25) is 9.89 Å². The number of methoxy groups -OCH3 is 2. The molecule has 4 aromatic rings. The minimum Gasteiger partial charge on any atom is -0.507 e. The fourth-order valence-corrected chi connectivity index (χ4v) is 4.95. The molecule has 1 amide bonds. The number of benzene rings is 3. The maximum atomic E-state index is 13.6. The Hall–Kier alpha value is -4.26. The van der Waals surface area contributed by atoms with Crippen molar-refractivity contribution in [3.05, 3.63) is 94.2 Å². The number of phenolic OH excluding ortho intramolecular Hbond substituents is 1. The smallest absolute Gasteiger partial charge is 0.273 e. The number of H-pyrrole nitrogens is 1. The largest absolute Gasteiger partial charge is 0.507 e. The number of carbonyl (C=O) groups excluding carboxylic acids is 1. The number of aromatic nitrogens is 2. The van der Waals surface area contributed by atoms with Gasteiger partial charge >= 0.3 is 0 Å². The summed E-state index contributed by atoms with van der Waals surface area (Å²) >= 11 is 0. The molecule has 2 heterocycles. The molecule has 0 bridgehead atoms. The van der Waals surface area contributed by atoms with E-state index in [1.807, 2.05) is 79.4 Å². The SMILES string of the molecule is COc1ccc(CCN2C(=O)c3[nH]nc(-c4cc(C)cc(C)c4O)c3C2c2ccc(OC)cc2)cc1. The Balaban J connectivity index is 1.57. The number of phenols is 1. The zero-order valence-electron chi connectivity index (χ0n) is 20.8. The van der Waals surface area contributed by atoms with Crippen LogP contribution in [0.2, 0.25) is 0 Å². The number of nitrogens with zero attached hydrogens (tertiary/aromatic N) is 2. The number of aromatic amines is 1. The summed E-state index contributed by atoms with van der Waals surface area (Å²) in [4.78, 5) is 15.5. The van der Waals surface area contributed by atoms with Crippen LogP contribution in [-0.4, -0.2) is 46.9 Å². The van der Waals surface area contributed by atoms with E-state index in [1.54, 1.807) is 14.2 Å². The van der Waals surface area contributed by atoms with Gasteiger partial charge in [-0.15, -0.1) is 0 Å². The van der Waals surface area contributed by atoms with Crippen molar-refractivity contribution in [1.82, 2.24) is 15.1 Å². The molecule has 0 aliphatic carbocycles. The third kappa shape index (κ3) is 4.06. The lowest BCUT2D eigenvalue weighted by atomic mass is 9.94. The monoisotopic (exact) mass is 483 g/mol. The van der Waals surface area contributed by atoms with E-state index in [0.29, 0.717) is 29.9 Å². The van der Waals surface area contributed by atoms with Gasteiger partial charge in [-0.2, -0.15) is 5.10 Å². The molecule has 1 aliphatic rings. The molecule has 0 fully saturated rings. The molecule has 5 rings (SSSR count). The molecule has 1 unspecified atom stereocenters. The predicted molar refractivity (Wildman–Crippen MR) is 138 cm³/mol. The number of hydrogen-bond donors (Lipinski definition) is 2. The van der Waals surface area contributed by atoms with E-state index in [1.165, 1.54) is 0 Å². The number of fused-ring (bicyclic) bond motifs is 1. The predicted octanol–water partition coefficient (Wildman–Crippen LogP) is 5.20. The summed E-state index contributed by atoms with van der Waals surface area (Å²) in [5, 5.41) is 18.4. The number of amides is 1. The normalized spacial score (nSPS) is 14.7. The summed E-state index contributed by atoms with van der Waals surface area (Å²) < 4.78 is 10.6. The fourth-order valence-electron chi connectivity index (χ4n) is 4.95. The van der Waals surface area contributed by atoms with Gasteiger partial charge in [0.1, 0.15) is 28.6 Å². The van der Waals surface area contributed by atoms with E-state index in [-0.39, 0.29) is 17.7 Å². The second-order valence-electron chi connectivity index (χ2n) is 9.11. The molecule has 184 valence electrons. The first-order valence-corrected chi connectivity index (χ1v) is 11.9. The average molecular weight is 484 g/mol. The molecule has 0 saturated carbocycles. The Kier molecular flexibility index (Phi) is 6.14. The van der Waals surface area contributed by atoms with Crippen LogP contribution in [0.5, 0.6) is 17.2 Å². The van der Waals surface area contributed by atoms with Gasteiger partial charge in [0, 0.05) is 17.7 Å². The Morgan fingerprint density at radius 1 is 0.972 bits per heavy atom. The van der Waals surface area contributed by atoms with Crippen molar-refractivity contribution in [1.29, 1.82) is 0 Å². The van der Waals surface area contributed by atoms with Crippen LogP contribution in [-0.2, 0) is 6.42 Å². The number of nitrogens with one attached hydrogen (secondary N) is 1. The van der Waals surface area contributed by atoms with Crippen molar-refractivity contribution >= 4 is 5.91 Å². The zero-order valence-corrected chi connectivity index (χ0v) is 20.8. The van der Waals surface area contributed by atoms with Crippen LogP contribution in [0.3, 0.4) is 0 Å². The summed E-state index contributed by atoms with van der Waals surface area (Å²) in [6.45, 7) is 4.37. The Labute approximate surface area is 210 Å². The summed E-state index contributed by atoms with van der Waals surface area (Å²) in [5.41, 5.74) is 6.28. The topological polar surface area (TPSA) is 87.7 Å². The quantitative estimate of drug-likeness (QED) is 0.377. The van der Waals surface area contributed by atoms with Crippen molar-refractivity contribution in [2.45, 2.75) is 26.3 Å². The highest BCUT2D eigenvalue weighted by molar-refractivity contribution is 6.00. The summed E-state index contributed by atoms with van der Waals surface area (Å²) in [6, 6.07) is 19.1. The minimum absolute atomic E-state index is 0.109. The van der Waals surface area contributed by atoms with Gasteiger partial charge < -0.3 is 19.5 Å². The Morgan fingerprint density at radius 2 is 1.61 bits per heavy atom. The van der Waals surface area contributed by atoms with Crippen LogP contribution in [0.15, 0.2) is 60.7 Å². The van der Waals surface area contributed by atoms with Gasteiger partial charge in [-0.1, -0.05) is 30.3 Å². The fraction of sp³-hybridized carbons (Fsp3) is 0.241. The molecule has 0 spiro atoms. The molecular weight excluding hydrogens is 454 g/mol. The molecule has 0 radical (unpaired) electrons. The van der Waals surface area contributed by atoms with Crippen molar-refractivity contribution < 1.29 is 19.4 Å². The summed E-state index contributed by atoms with van der Waals surface area (Å²) in [7, 11) is 3.27. The van der Waals surface area contributed by atoms with Crippen LogP contribution in [0, 0.1) is 13.8 Å². The van der Waals surface area contributed by atoms with Gasteiger partial charge in [-0.25, -0.2) is 0 Å². The molecule has 0 saturated heterocycles. The van der Waals surface area contributed by atoms with E-state index in [9.17, 15) is 9.90 Å². The van der Waals surface area contributed by atoms with E-state index < -0.39 is 0 Å². The highest BCUT2D eigenvalue weighted by Gasteiger charge is 2.42. The van der Waals surface area contributed by atoms with E-state index in [2.05, 4.69) is 10.2 Å². The molecular formula is C29H29N3O4. The highest BCUT2D eigenvalue weighted by Crippen LogP contribution is 2.45. The minimum atomic E-state index is -0.356. The van der Waals surface area contributed by atoms with Crippen LogP contribution in [0.1, 0.15) is 44.3 Å². The number of carbonyl (C=O) groups is 1. The summed E-state index contributed by atoms with van der Waals surface area (Å²) in [5.74, 6) is 1.60. The first-order valence-electron chi connectivity index (χ1n) is 11.9. The van der Waals surface area contributed by atoms with Crippen LogP contribution in [0.25, 0.3) is 11.3 Å². The molecule has 1 atom stereocenters. The van der Waals surface area contributed by atoms with Gasteiger partial charge in [-0.05, 0) is 72.9 Å². The van der Waals surface area contributed by atoms with E-state index >= 15 is 0 Å². The second kappa shape index (κ2) is 9.41. The molecule has 1 aromatic heterocycles. The van der Waals surface area contributed by atoms with Crippen LogP contribution in [0.4, 0.5) is 0 Å². The van der Waals surface area contributed by atoms with Gasteiger partial charge in [0.2, 0.25) is 0 Å². The van der Waals surface area contributed by atoms with Crippen molar-refractivity contribution in [2.24, 2.45) is 0 Å². The van der Waals surface area contributed by atoms with Gasteiger partial charge in [0.05, 0.1) is 20.3 Å². The Bertz CT molecular complexity index is 1410. The number of aromatic hydroxyl groups is 1. The molecule has 7 heteroatoms. The van der Waals surface area contributed by atoms with Crippen molar-refractivity contribution in [2.75, 3.05) is 20.8 Å². The number of aryl methyl sites for hydroxylation is 2. The maximum Gasteiger partial charge on any atom is 0.273 e. The molecule has 36 heavy (non-hydrogen) atoms. The van der Waals surface area contributed by atoms with Crippen LogP contribution < -0.4 is 9.47 Å². The van der Waals surface area contributed by atoms with Crippen molar-refractivity contribution in [3.63, 3.8) is 0 Å².